The van der Waals surface area contributed by atoms with Gasteiger partial charge in [-0.3, -0.25) is 4.55 Å². The Morgan fingerprint density at radius 2 is 1.75 bits per heavy atom. The number of nitrogens with two attached hydrogens (primary N) is 1. The van der Waals surface area contributed by atoms with E-state index in [1.165, 1.54) is 12.1 Å². The molecular formula is C17H15NO4S2. The SMILES string of the molecule is Cc1ccc(SOc2cc(S(=O)(=O)O)cc3ccc(N)cc23)cc1. The van der Waals surface area contributed by atoms with Crippen molar-refractivity contribution < 1.29 is 17.2 Å². The summed E-state index contributed by atoms with van der Waals surface area (Å²) in [4.78, 5) is 0.647. The number of anilines is 1. The second kappa shape index (κ2) is 6.35. The summed E-state index contributed by atoms with van der Waals surface area (Å²) >= 11 is 1.10. The van der Waals surface area contributed by atoms with Crippen molar-refractivity contribution in [3.05, 3.63) is 60.2 Å². The average Bonchev–Trinajstić information content (AvgIpc) is 2.53. The van der Waals surface area contributed by atoms with Crippen LogP contribution in [0.3, 0.4) is 0 Å². The molecule has 3 aromatic carbocycles. The highest BCUT2D eigenvalue weighted by molar-refractivity contribution is 7.95. The summed E-state index contributed by atoms with van der Waals surface area (Å²) in [6, 6.07) is 15.4. The normalized spacial score (nSPS) is 11.6. The number of aryl methyl sites for hydroxylation is 1. The summed E-state index contributed by atoms with van der Waals surface area (Å²) in [5.74, 6) is 0.318. The van der Waals surface area contributed by atoms with E-state index in [1.54, 1.807) is 18.2 Å². The Kier molecular flexibility index (Phi) is 4.40. The number of benzene rings is 3. The number of hydrogen-bond donors (Lipinski definition) is 2. The fourth-order valence-electron chi connectivity index (χ4n) is 2.22. The second-order valence-corrected chi connectivity index (χ2v) is 7.58. The molecule has 0 radical (unpaired) electrons. The molecule has 0 saturated heterocycles. The van der Waals surface area contributed by atoms with Gasteiger partial charge in [0, 0.05) is 22.0 Å². The van der Waals surface area contributed by atoms with Gasteiger partial charge in [0.25, 0.3) is 10.1 Å². The quantitative estimate of drug-likeness (QED) is 0.414. The van der Waals surface area contributed by atoms with Crippen molar-refractivity contribution in [1.29, 1.82) is 0 Å². The molecule has 0 fully saturated rings. The van der Waals surface area contributed by atoms with Gasteiger partial charge in [-0.05, 0) is 42.6 Å². The maximum Gasteiger partial charge on any atom is 0.294 e. The van der Waals surface area contributed by atoms with E-state index in [-0.39, 0.29) is 4.90 Å². The van der Waals surface area contributed by atoms with Gasteiger partial charge >= 0.3 is 0 Å². The van der Waals surface area contributed by atoms with Crippen LogP contribution in [0, 0.1) is 6.92 Å². The Hall–Kier alpha value is -2.22. The van der Waals surface area contributed by atoms with Crippen LogP contribution in [0.25, 0.3) is 10.8 Å². The molecule has 124 valence electrons. The van der Waals surface area contributed by atoms with Gasteiger partial charge in [0.05, 0.1) is 16.9 Å². The van der Waals surface area contributed by atoms with Crippen LogP contribution in [-0.2, 0) is 10.1 Å². The maximum atomic E-state index is 11.5. The first kappa shape index (κ1) is 16.6. The number of rotatable bonds is 4. The lowest BCUT2D eigenvalue weighted by Crippen LogP contribution is -1.99. The molecule has 0 spiro atoms. The number of fused-ring (bicyclic) bond motifs is 1. The van der Waals surface area contributed by atoms with Crippen LogP contribution in [0.5, 0.6) is 5.75 Å². The monoisotopic (exact) mass is 361 g/mol. The molecule has 24 heavy (non-hydrogen) atoms. The van der Waals surface area contributed by atoms with Crippen LogP contribution in [0.15, 0.2) is 64.4 Å². The zero-order chi connectivity index (χ0) is 17.3. The molecule has 7 heteroatoms. The van der Waals surface area contributed by atoms with Gasteiger partial charge in [0.1, 0.15) is 5.75 Å². The van der Waals surface area contributed by atoms with Crippen molar-refractivity contribution in [3.8, 4) is 5.75 Å². The van der Waals surface area contributed by atoms with Crippen molar-refractivity contribution in [2.24, 2.45) is 0 Å². The van der Waals surface area contributed by atoms with Gasteiger partial charge in [-0.2, -0.15) is 8.42 Å². The van der Waals surface area contributed by atoms with Gasteiger partial charge in [-0.1, -0.05) is 23.8 Å². The van der Waals surface area contributed by atoms with Gasteiger partial charge in [-0.25, -0.2) is 0 Å². The highest BCUT2D eigenvalue weighted by Crippen LogP contribution is 2.34. The predicted molar refractivity (Wildman–Crippen MR) is 95.8 cm³/mol. The Morgan fingerprint density at radius 1 is 1.04 bits per heavy atom. The molecule has 3 rings (SSSR count). The van der Waals surface area contributed by atoms with E-state index >= 15 is 0 Å². The van der Waals surface area contributed by atoms with E-state index in [1.807, 2.05) is 31.2 Å². The number of hydrogen-bond acceptors (Lipinski definition) is 5. The lowest BCUT2D eigenvalue weighted by atomic mass is 10.1. The van der Waals surface area contributed by atoms with Crippen LogP contribution < -0.4 is 9.92 Å². The largest absolute Gasteiger partial charge is 0.420 e. The lowest BCUT2D eigenvalue weighted by molar-refractivity contribution is 0.482. The molecule has 0 saturated carbocycles. The molecule has 0 heterocycles. The zero-order valence-corrected chi connectivity index (χ0v) is 14.4. The third kappa shape index (κ3) is 3.64. The molecule has 3 aromatic rings. The highest BCUT2D eigenvalue weighted by Gasteiger charge is 2.15. The third-order valence-electron chi connectivity index (χ3n) is 3.46. The summed E-state index contributed by atoms with van der Waals surface area (Å²) in [7, 11) is -4.34. The summed E-state index contributed by atoms with van der Waals surface area (Å²) in [6.45, 7) is 1.99. The Bertz CT molecular complexity index is 999. The van der Waals surface area contributed by atoms with Crippen molar-refractivity contribution in [1.82, 2.24) is 0 Å². The Balaban J connectivity index is 2.03. The molecule has 5 nitrogen and oxygen atoms in total. The van der Waals surface area contributed by atoms with Crippen molar-refractivity contribution in [3.63, 3.8) is 0 Å². The summed E-state index contributed by atoms with van der Waals surface area (Å²) < 4.78 is 38.0. The molecule has 0 aliphatic heterocycles. The molecule has 0 bridgehead atoms. The Morgan fingerprint density at radius 3 is 2.42 bits per heavy atom. The molecule has 0 atom stereocenters. The van der Waals surface area contributed by atoms with E-state index in [9.17, 15) is 13.0 Å². The molecule has 0 aromatic heterocycles. The van der Waals surface area contributed by atoms with Crippen molar-refractivity contribution in [2.75, 3.05) is 5.73 Å². The zero-order valence-electron chi connectivity index (χ0n) is 12.8. The lowest BCUT2D eigenvalue weighted by Gasteiger charge is -2.10. The second-order valence-electron chi connectivity index (χ2n) is 5.36. The van der Waals surface area contributed by atoms with Crippen LogP contribution in [0.1, 0.15) is 5.56 Å². The van der Waals surface area contributed by atoms with Gasteiger partial charge in [-0.15, -0.1) is 0 Å². The van der Waals surface area contributed by atoms with E-state index in [4.69, 9.17) is 9.92 Å². The minimum Gasteiger partial charge on any atom is -0.420 e. The fraction of sp³-hybridized carbons (Fsp3) is 0.0588. The van der Waals surface area contributed by atoms with Gasteiger partial charge < -0.3 is 9.92 Å². The smallest absolute Gasteiger partial charge is 0.294 e. The first-order chi connectivity index (χ1) is 11.3. The average molecular weight is 361 g/mol. The van der Waals surface area contributed by atoms with E-state index in [2.05, 4.69) is 0 Å². The van der Waals surface area contributed by atoms with E-state index in [0.29, 0.717) is 22.2 Å². The summed E-state index contributed by atoms with van der Waals surface area (Å²) in [6.07, 6.45) is 0. The topological polar surface area (TPSA) is 89.6 Å². The molecule has 0 aliphatic rings. The van der Waals surface area contributed by atoms with E-state index < -0.39 is 10.1 Å². The van der Waals surface area contributed by atoms with Gasteiger partial charge in [0.2, 0.25) is 0 Å². The summed E-state index contributed by atoms with van der Waals surface area (Å²) in [5, 5.41) is 1.28. The minimum absolute atomic E-state index is 0.223. The van der Waals surface area contributed by atoms with E-state index in [0.717, 1.165) is 22.5 Å². The maximum absolute atomic E-state index is 11.5. The summed E-state index contributed by atoms with van der Waals surface area (Å²) in [5.41, 5.74) is 7.48. The third-order valence-corrected chi connectivity index (χ3v) is 5.02. The predicted octanol–water partition coefficient (Wildman–Crippen LogP) is 4.06. The standard InChI is InChI=1S/C17H15NO4S2/c1-11-2-6-14(7-3-11)23-22-17-10-15(24(19,20)21)8-12-4-5-13(18)9-16(12)17/h2-10H,18H2,1H3,(H,19,20,21). The molecule has 0 amide bonds. The van der Waals surface area contributed by atoms with Crippen LogP contribution in [0.4, 0.5) is 5.69 Å². The van der Waals surface area contributed by atoms with Gasteiger partial charge in [0.15, 0.2) is 0 Å². The Labute approximate surface area is 144 Å². The first-order valence-corrected chi connectivity index (χ1v) is 9.23. The molecular weight excluding hydrogens is 346 g/mol. The molecule has 0 unspecified atom stereocenters. The fourth-order valence-corrected chi connectivity index (χ4v) is 3.32. The van der Waals surface area contributed by atoms with Crippen molar-refractivity contribution >= 4 is 38.6 Å². The van der Waals surface area contributed by atoms with Crippen LogP contribution in [-0.4, -0.2) is 13.0 Å². The number of nitrogen functional groups attached to an aromatic ring is 1. The van der Waals surface area contributed by atoms with Crippen LogP contribution in [0.2, 0.25) is 0 Å². The minimum atomic E-state index is -4.34. The molecule has 3 N–H and O–H groups in total. The highest BCUT2D eigenvalue weighted by atomic mass is 32.2. The first-order valence-electron chi connectivity index (χ1n) is 7.05. The van der Waals surface area contributed by atoms with Crippen LogP contribution >= 0.6 is 12.0 Å². The molecule has 0 aliphatic carbocycles. The van der Waals surface area contributed by atoms with Crippen molar-refractivity contribution in [2.45, 2.75) is 16.7 Å².